The Morgan fingerprint density at radius 1 is 1.14 bits per heavy atom. The number of hydrogen-bond acceptors (Lipinski definition) is 4. The second kappa shape index (κ2) is 12.6. The third-order valence-corrected chi connectivity index (χ3v) is 2.98. The average Bonchev–Trinajstić information content (AvgIpc) is 2.49. The highest BCUT2D eigenvalue weighted by Gasteiger charge is 2.18. The Bertz CT molecular complexity index is 373. The smallest absolute Gasteiger partial charge is 0.326 e. The summed E-state index contributed by atoms with van der Waals surface area (Å²) < 4.78 is 0. The molecule has 0 aliphatic heterocycles. The molecule has 0 saturated heterocycles. The van der Waals surface area contributed by atoms with E-state index in [4.69, 9.17) is 5.11 Å². The summed E-state index contributed by atoms with van der Waals surface area (Å²) in [5.41, 5.74) is 0. The first-order valence-corrected chi connectivity index (χ1v) is 7.47. The number of carboxylic acids is 1. The Balaban J connectivity index is 3.87. The molecule has 22 heavy (non-hydrogen) atoms. The van der Waals surface area contributed by atoms with Gasteiger partial charge in [0.15, 0.2) is 0 Å². The third kappa shape index (κ3) is 10.6. The number of nitrogens with one attached hydrogen (secondary N) is 3. The number of carboxylic acid groups (broad SMARTS) is 1. The SMILES string of the molecule is CCCCC(=O)NCCCCC(NC(=O)CNC=O)C(=O)O. The molecule has 0 rings (SSSR count). The molecular formula is C14H25N3O5. The van der Waals surface area contributed by atoms with Gasteiger partial charge in [-0.15, -0.1) is 0 Å². The van der Waals surface area contributed by atoms with Gasteiger partial charge in [0.1, 0.15) is 6.04 Å². The molecule has 3 amide bonds. The van der Waals surface area contributed by atoms with E-state index in [0.717, 1.165) is 12.8 Å². The standard InChI is InChI=1S/C14H25N3O5/c1-2-3-7-12(19)16-8-5-4-6-11(14(21)22)17-13(20)9-15-10-18/h10-11H,2-9H2,1H3,(H,15,18)(H,16,19)(H,17,20)(H,21,22). The van der Waals surface area contributed by atoms with Crippen molar-refractivity contribution in [1.29, 1.82) is 0 Å². The van der Waals surface area contributed by atoms with Gasteiger partial charge in [0.2, 0.25) is 18.2 Å². The van der Waals surface area contributed by atoms with Crippen LogP contribution in [-0.2, 0) is 19.2 Å². The Labute approximate surface area is 130 Å². The number of hydrogen-bond donors (Lipinski definition) is 4. The van der Waals surface area contributed by atoms with Crippen molar-refractivity contribution < 1.29 is 24.3 Å². The normalized spacial score (nSPS) is 11.3. The van der Waals surface area contributed by atoms with Crippen LogP contribution >= 0.6 is 0 Å². The quantitative estimate of drug-likeness (QED) is 0.276. The Morgan fingerprint density at radius 3 is 2.45 bits per heavy atom. The molecule has 0 aliphatic carbocycles. The van der Waals surface area contributed by atoms with Gasteiger partial charge >= 0.3 is 5.97 Å². The molecular weight excluding hydrogens is 290 g/mol. The minimum Gasteiger partial charge on any atom is -0.480 e. The van der Waals surface area contributed by atoms with E-state index in [-0.39, 0.29) is 18.9 Å². The third-order valence-electron chi connectivity index (χ3n) is 2.98. The van der Waals surface area contributed by atoms with E-state index in [1.165, 1.54) is 0 Å². The largest absolute Gasteiger partial charge is 0.480 e. The molecule has 1 atom stereocenters. The van der Waals surface area contributed by atoms with E-state index in [1.54, 1.807) is 0 Å². The van der Waals surface area contributed by atoms with Gasteiger partial charge in [0.05, 0.1) is 6.54 Å². The first-order chi connectivity index (χ1) is 10.5. The van der Waals surface area contributed by atoms with Crippen LogP contribution in [0, 0.1) is 0 Å². The number of rotatable bonds is 13. The first-order valence-electron chi connectivity index (χ1n) is 7.47. The molecule has 4 N–H and O–H groups in total. The fourth-order valence-corrected chi connectivity index (χ4v) is 1.76. The van der Waals surface area contributed by atoms with Crippen LogP contribution in [0.1, 0.15) is 45.4 Å². The maximum atomic E-state index is 11.4. The van der Waals surface area contributed by atoms with E-state index in [0.29, 0.717) is 32.2 Å². The van der Waals surface area contributed by atoms with Crippen LogP contribution in [0.3, 0.4) is 0 Å². The highest BCUT2D eigenvalue weighted by atomic mass is 16.4. The first kappa shape index (κ1) is 19.9. The molecule has 8 heteroatoms. The lowest BCUT2D eigenvalue weighted by Crippen LogP contribution is -2.44. The van der Waals surface area contributed by atoms with E-state index in [1.807, 2.05) is 6.92 Å². The van der Waals surface area contributed by atoms with Gasteiger partial charge in [0, 0.05) is 13.0 Å². The zero-order chi connectivity index (χ0) is 16.8. The van der Waals surface area contributed by atoms with Gasteiger partial charge in [-0.25, -0.2) is 4.79 Å². The summed E-state index contributed by atoms with van der Waals surface area (Å²) in [6.45, 7) is 2.26. The van der Waals surface area contributed by atoms with Gasteiger partial charge < -0.3 is 21.1 Å². The summed E-state index contributed by atoms with van der Waals surface area (Å²) in [4.78, 5) is 43.8. The van der Waals surface area contributed by atoms with Crippen LogP contribution in [0.5, 0.6) is 0 Å². The second-order valence-electron chi connectivity index (χ2n) is 4.91. The number of carbonyl (C=O) groups is 4. The molecule has 0 aromatic carbocycles. The fourth-order valence-electron chi connectivity index (χ4n) is 1.76. The van der Waals surface area contributed by atoms with Crippen LogP contribution < -0.4 is 16.0 Å². The van der Waals surface area contributed by atoms with Crippen molar-refractivity contribution in [3.63, 3.8) is 0 Å². The van der Waals surface area contributed by atoms with Gasteiger partial charge in [0.25, 0.3) is 0 Å². The van der Waals surface area contributed by atoms with Crippen molar-refractivity contribution >= 4 is 24.2 Å². The maximum Gasteiger partial charge on any atom is 0.326 e. The van der Waals surface area contributed by atoms with E-state index in [9.17, 15) is 19.2 Å². The van der Waals surface area contributed by atoms with Crippen molar-refractivity contribution in [2.24, 2.45) is 0 Å². The average molecular weight is 315 g/mol. The molecule has 0 radical (unpaired) electrons. The Morgan fingerprint density at radius 2 is 1.86 bits per heavy atom. The summed E-state index contributed by atoms with van der Waals surface area (Å²) >= 11 is 0. The summed E-state index contributed by atoms with van der Waals surface area (Å²) in [7, 11) is 0. The lowest BCUT2D eigenvalue weighted by atomic mass is 10.1. The van der Waals surface area contributed by atoms with Crippen LogP contribution in [0.4, 0.5) is 0 Å². The summed E-state index contributed by atoms with van der Waals surface area (Å²) in [5.74, 6) is -1.66. The Kier molecular flexibility index (Phi) is 11.4. The fraction of sp³-hybridized carbons (Fsp3) is 0.714. The minimum atomic E-state index is -1.12. The lowest BCUT2D eigenvalue weighted by molar-refractivity contribution is -0.142. The van der Waals surface area contributed by atoms with Crippen LogP contribution in [0.25, 0.3) is 0 Å². The summed E-state index contributed by atoms with van der Waals surface area (Å²) in [6, 6.07) is -0.989. The van der Waals surface area contributed by atoms with Gasteiger partial charge in [-0.1, -0.05) is 13.3 Å². The van der Waals surface area contributed by atoms with Crippen molar-refractivity contribution in [3.8, 4) is 0 Å². The molecule has 0 aromatic heterocycles. The van der Waals surface area contributed by atoms with Crippen LogP contribution in [-0.4, -0.2) is 48.4 Å². The summed E-state index contributed by atoms with van der Waals surface area (Å²) in [6.07, 6.45) is 4.17. The summed E-state index contributed by atoms with van der Waals surface area (Å²) in [5, 5.41) is 16.3. The van der Waals surface area contributed by atoms with Crippen LogP contribution in [0.15, 0.2) is 0 Å². The van der Waals surface area contributed by atoms with Gasteiger partial charge in [-0.05, 0) is 25.7 Å². The van der Waals surface area contributed by atoms with Crippen molar-refractivity contribution in [1.82, 2.24) is 16.0 Å². The lowest BCUT2D eigenvalue weighted by Gasteiger charge is -2.14. The number of aliphatic carboxylic acids is 1. The zero-order valence-electron chi connectivity index (χ0n) is 12.9. The highest BCUT2D eigenvalue weighted by molar-refractivity contribution is 5.85. The predicted octanol–water partition coefficient (Wildman–Crippen LogP) is -0.221. The monoisotopic (exact) mass is 315 g/mol. The van der Waals surface area contributed by atoms with E-state index in [2.05, 4.69) is 16.0 Å². The molecule has 0 saturated carbocycles. The van der Waals surface area contributed by atoms with Crippen molar-refractivity contribution in [2.75, 3.05) is 13.1 Å². The predicted molar refractivity (Wildman–Crippen MR) is 80.0 cm³/mol. The van der Waals surface area contributed by atoms with Gasteiger partial charge in [-0.2, -0.15) is 0 Å². The molecule has 0 bridgehead atoms. The highest BCUT2D eigenvalue weighted by Crippen LogP contribution is 2.01. The number of unbranched alkanes of at least 4 members (excludes halogenated alkanes) is 2. The molecule has 0 heterocycles. The topological polar surface area (TPSA) is 125 Å². The Hall–Kier alpha value is -2.12. The number of carbonyl (C=O) groups excluding carboxylic acids is 3. The molecule has 0 fully saturated rings. The molecule has 0 aliphatic rings. The van der Waals surface area contributed by atoms with E-state index >= 15 is 0 Å². The van der Waals surface area contributed by atoms with Crippen molar-refractivity contribution in [2.45, 2.75) is 51.5 Å². The molecule has 0 aromatic rings. The zero-order valence-corrected chi connectivity index (χ0v) is 12.9. The minimum absolute atomic E-state index is 0.00451. The van der Waals surface area contributed by atoms with Gasteiger partial charge in [-0.3, -0.25) is 14.4 Å². The molecule has 126 valence electrons. The second-order valence-corrected chi connectivity index (χ2v) is 4.91. The number of amides is 3. The molecule has 0 spiro atoms. The maximum absolute atomic E-state index is 11.4. The van der Waals surface area contributed by atoms with E-state index < -0.39 is 17.9 Å². The van der Waals surface area contributed by atoms with Crippen LogP contribution in [0.2, 0.25) is 0 Å². The molecule has 1 unspecified atom stereocenters. The molecule has 8 nitrogen and oxygen atoms in total. The van der Waals surface area contributed by atoms with Crippen molar-refractivity contribution in [3.05, 3.63) is 0 Å².